The lowest BCUT2D eigenvalue weighted by molar-refractivity contribution is -0.133. The van der Waals surface area contributed by atoms with E-state index >= 15 is 0 Å². The summed E-state index contributed by atoms with van der Waals surface area (Å²) in [5.41, 5.74) is 1.72. The SMILES string of the molecule is Cc1cnc([C@H]2CCCN(C(=O)Cn3nnc4ccccc43)C2)s1. The summed E-state index contributed by atoms with van der Waals surface area (Å²) in [5, 5.41) is 9.38. The van der Waals surface area contributed by atoms with Gasteiger partial charge in [0.05, 0.1) is 10.5 Å². The lowest BCUT2D eigenvalue weighted by Crippen LogP contribution is -2.41. The zero-order valence-electron chi connectivity index (χ0n) is 13.6. The van der Waals surface area contributed by atoms with Crippen molar-refractivity contribution in [2.75, 3.05) is 13.1 Å². The van der Waals surface area contributed by atoms with Gasteiger partial charge in [-0.25, -0.2) is 9.67 Å². The Morgan fingerprint density at radius 3 is 3.08 bits per heavy atom. The van der Waals surface area contributed by atoms with E-state index in [1.54, 1.807) is 16.0 Å². The number of thiazole rings is 1. The van der Waals surface area contributed by atoms with Crippen LogP contribution >= 0.6 is 11.3 Å². The highest BCUT2D eigenvalue weighted by molar-refractivity contribution is 7.11. The fraction of sp³-hybridized carbons (Fsp3) is 0.412. The maximum absolute atomic E-state index is 12.7. The highest BCUT2D eigenvalue weighted by Gasteiger charge is 2.27. The second-order valence-corrected chi connectivity index (χ2v) is 7.49. The van der Waals surface area contributed by atoms with Crippen molar-refractivity contribution in [3.8, 4) is 0 Å². The second kappa shape index (κ2) is 6.32. The molecule has 0 saturated carbocycles. The van der Waals surface area contributed by atoms with Gasteiger partial charge in [0.25, 0.3) is 0 Å². The van der Waals surface area contributed by atoms with Crippen LogP contribution in [0.3, 0.4) is 0 Å². The molecule has 0 unspecified atom stereocenters. The number of hydrogen-bond donors (Lipinski definition) is 0. The first-order valence-electron chi connectivity index (χ1n) is 8.19. The van der Waals surface area contributed by atoms with E-state index < -0.39 is 0 Å². The molecule has 0 N–H and O–H groups in total. The van der Waals surface area contributed by atoms with Gasteiger partial charge in [-0.15, -0.1) is 16.4 Å². The number of benzene rings is 1. The highest BCUT2D eigenvalue weighted by atomic mass is 32.1. The number of piperidine rings is 1. The molecule has 0 radical (unpaired) electrons. The minimum Gasteiger partial charge on any atom is -0.340 e. The number of nitrogens with zero attached hydrogens (tertiary/aromatic N) is 5. The molecule has 0 bridgehead atoms. The van der Waals surface area contributed by atoms with Gasteiger partial charge in [-0.05, 0) is 31.9 Å². The average molecular weight is 341 g/mol. The molecule has 1 atom stereocenters. The second-order valence-electron chi connectivity index (χ2n) is 6.22. The van der Waals surface area contributed by atoms with E-state index in [0.717, 1.165) is 42.0 Å². The largest absolute Gasteiger partial charge is 0.340 e. The van der Waals surface area contributed by atoms with Crippen molar-refractivity contribution in [2.24, 2.45) is 0 Å². The molecule has 1 aliphatic rings. The average Bonchev–Trinajstić information content (AvgIpc) is 3.22. The van der Waals surface area contributed by atoms with Crippen molar-refractivity contribution in [1.29, 1.82) is 0 Å². The number of para-hydroxylation sites is 1. The van der Waals surface area contributed by atoms with E-state index in [1.165, 1.54) is 4.88 Å². The summed E-state index contributed by atoms with van der Waals surface area (Å²) in [6, 6.07) is 7.72. The Hall–Kier alpha value is -2.28. The summed E-state index contributed by atoms with van der Waals surface area (Å²) in [6.07, 6.45) is 4.04. The predicted octanol–water partition coefficient (Wildman–Crippen LogP) is 2.60. The first-order chi connectivity index (χ1) is 11.7. The van der Waals surface area contributed by atoms with Crippen LogP contribution in [0.4, 0.5) is 0 Å². The Balaban J connectivity index is 1.48. The summed E-state index contributed by atoms with van der Waals surface area (Å²) in [5.74, 6) is 0.456. The molecule has 1 amide bonds. The van der Waals surface area contributed by atoms with Crippen molar-refractivity contribution in [3.63, 3.8) is 0 Å². The van der Waals surface area contributed by atoms with Gasteiger partial charge in [-0.1, -0.05) is 17.3 Å². The fourth-order valence-corrected chi connectivity index (χ4v) is 4.13. The molecule has 3 heterocycles. The summed E-state index contributed by atoms with van der Waals surface area (Å²) in [7, 11) is 0. The van der Waals surface area contributed by atoms with Crippen molar-refractivity contribution in [2.45, 2.75) is 32.2 Å². The molecule has 7 heteroatoms. The minimum absolute atomic E-state index is 0.101. The minimum atomic E-state index is 0.101. The molecule has 2 aromatic heterocycles. The summed E-state index contributed by atoms with van der Waals surface area (Å²) >= 11 is 1.74. The van der Waals surface area contributed by atoms with E-state index in [9.17, 15) is 4.79 Å². The van der Waals surface area contributed by atoms with E-state index in [-0.39, 0.29) is 12.5 Å². The van der Waals surface area contributed by atoms with E-state index in [1.807, 2.05) is 35.4 Å². The molecular weight excluding hydrogens is 322 g/mol. The van der Waals surface area contributed by atoms with Crippen molar-refractivity contribution < 1.29 is 4.79 Å². The third kappa shape index (κ3) is 2.91. The van der Waals surface area contributed by atoms with Gasteiger partial charge in [-0.3, -0.25) is 4.79 Å². The monoisotopic (exact) mass is 341 g/mol. The lowest BCUT2D eigenvalue weighted by Gasteiger charge is -2.31. The molecule has 24 heavy (non-hydrogen) atoms. The molecule has 1 saturated heterocycles. The van der Waals surface area contributed by atoms with Gasteiger partial charge in [0.15, 0.2) is 0 Å². The van der Waals surface area contributed by atoms with Gasteiger partial charge < -0.3 is 4.90 Å². The maximum Gasteiger partial charge on any atom is 0.244 e. The zero-order chi connectivity index (χ0) is 16.5. The molecule has 0 spiro atoms. The molecule has 3 aromatic rings. The molecule has 6 nitrogen and oxygen atoms in total. The van der Waals surface area contributed by atoms with Crippen molar-refractivity contribution in [3.05, 3.63) is 40.3 Å². The number of likely N-dealkylation sites (tertiary alicyclic amines) is 1. The molecule has 0 aliphatic carbocycles. The molecule has 1 aromatic carbocycles. The summed E-state index contributed by atoms with van der Waals surface area (Å²) < 4.78 is 1.69. The van der Waals surface area contributed by atoms with E-state index in [4.69, 9.17) is 0 Å². The third-order valence-electron chi connectivity index (χ3n) is 4.47. The molecule has 4 rings (SSSR count). The van der Waals surface area contributed by atoms with Gasteiger partial charge in [-0.2, -0.15) is 0 Å². The van der Waals surface area contributed by atoms with Crippen LogP contribution in [0.25, 0.3) is 11.0 Å². The number of aryl methyl sites for hydroxylation is 1. The topological polar surface area (TPSA) is 63.9 Å². The van der Waals surface area contributed by atoms with Gasteiger partial charge in [0, 0.05) is 30.1 Å². The molecular formula is C17H19N5OS. The van der Waals surface area contributed by atoms with Gasteiger partial charge in [0.1, 0.15) is 12.1 Å². The number of hydrogen-bond acceptors (Lipinski definition) is 5. The summed E-state index contributed by atoms with van der Waals surface area (Å²) in [4.78, 5) is 20.4. The number of rotatable bonds is 3. The highest BCUT2D eigenvalue weighted by Crippen LogP contribution is 2.29. The van der Waals surface area contributed by atoms with Crippen LogP contribution in [-0.2, 0) is 11.3 Å². The molecule has 124 valence electrons. The number of carbonyl (C=O) groups excluding carboxylic acids is 1. The quantitative estimate of drug-likeness (QED) is 0.734. The first-order valence-corrected chi connectivity index (χ1v) is 9.00. The number of aromatic nitrogens is 4. The smallest absolute Gasteiger partial charge is 0.244 e. The lowest BCUT2D eigenvalue weighted by atomic mass is 9.99. The van der Waals surface area contributed by atoms with E-state index in [0.29, 0.717) is 5.92 Å². The van der Waals surface area contributed by atoms with Crippen LogP contribution in [0.1, 0.15) is 28.6 Å². The van der Waals surface area contributed by atoms with E-state index in [2.05, 4.69) is 22.2 Å². The molecule has 1 aliphatic heterocycles. The summed E-state index contributed by atoms with van der Waals surface area (Å²) in [6.45, 7) is 3.87. The van der Waals surface area contributed by atoms with Gasteiger partial charge >= 0.3 is 0 Å². The fourth-order valence-electron chi connectivity index (χ4n) is 3.23. The van der Waals surface area contributed by atoms with Crippen molar-refractivity contribution >= 4 is 28.3 Å². The van der Waals surface area contributed by atoms with Crippen LogP contribution in [0, 0.1) is 6.92 Å². The third-order valence-corrected chi connectivity index (χ3v) is 5.54. The number of amides is 1. The van der Waals surface area contributed by atoms with Crippen LogP contribution in [-0.4, -0.2) is 43.9 Å². The van der Waals surface area contributed by atoms with Crippen LogP contribution in [0.15, 0.2) is 30.5 Å². The predicted molar refractivity (Wildman–Crippen MR) is 92.9 cm³/mol. The Morgan fingerprint density at radius 2 is 2.25 bits per heavy atom. The Morgan fingerprint density at radius 1 is 1.38 bits per heavy atom. The van der Waals surface area contributed by atoms with Crippen LogP contribution in [0.5, 0.6) is 0 Å². The maximum atomic E-state index is 12.7. The number of fused-ring (bicyclic) bond motifs is 1. The first kappa shape index (κ1) is 15.3. The van der Waals surface area contributed by atoms with Crippen LogP contribution in [0.2, 0.25) is 0 Å². The van der Waals surface area contributed by atoms with Gasteiger partial charge in [0.2, 0.25) is 5.91 Å². The Bertz CT molecular complexity index is 871. The normalized spacial score (nSPS) is 18.2. The zero-order valence-corrected chi connectivity index (χ0v) is 14.4. The molecule has 1 fully saturated rings. The standard InChI is InChI=1S/C17H19N5OS/c1-12-9-18-17(24-12)13-5-4-8-21(10-13)16(23)11-22-15-7-3-2-6-14(15)19-20-22/h2-3,6-7,9,13H,4-5,8,10-11H2,1H3/t13-/m0/s1. The number of carbonyl (C=O) groups is 1. The van der Waals surface area contributed by atoms with Crippen molar-refractivity contribution in [1.82, 2.24) is 24.9 Å². The Kier molecular flexibility index (Phi) is 4.02. The Labute approximate surface area is 144 Å². The van der Waals surface area contributed by atoms with Crippen LogP contribution < -0.4 is 0 Å².